The molecule has 0 bridgehead atoms. The van der Waals surface area contributed by atoms with Crippen LogP contribution in [0.15, 0.2) is 25.3 Å². The van der Waals surface area contributed by atoms with Gasteiger partial charge in [-0.05, 0) is 0 Å². The van der Waals surface area contributed by atoms with Crippen molar-refractivity contribution < 1.29 is 19.1 Å². The van der Waals surface area contributed by atoms with Crippen molar-refractivity contribution in [3.8, 4) is 0 Å². The van der Waals surface area contributed by atoms with Crippen LogP contribution in [0.25, 0.3) is 0 Å². The SMILES string of the molecule is C=CCOC(=O)CC(N)C(=O)OCC=C. The molecule has 0 aromatic heterocycles. The predicted octanol–water partition coefficient (Wildman–Crippen LogP) is 0.162. The van der Waals surface area contributed by atoms with E-state index >= 15 is 0 Å². The van der Waals surface area contributed by atoms with Crippen molar-refractivity contribution >= 4 is 11.9 Å². The summed E-state index contributed by atoms with van der Waals surface area (Å²) < 4.78 is 9.30. The number of ether oxygens (including phenoxy) is 2. The van der Waals surface area contributed by atoms with Crippen LogP contribution in [0, 0.1) is 0 Å². The summed E-state index contributed by atoms with van der Waals surface area (Å²) in [4.78, 5) is 22.1. The largest absolute Gasteiger partial charge is 0.461 e. The maximum absolute atomic E-state index is 11.1. The Balaban J connectivity index is 3.84. The Kier molecular flexibility index (Phi) is 6.92. The molecule has 1 atom stereocenters. The first-order valence-electron chi connectivity index (χ1n) is 4.41. The predicted molar refractivity (Wildman–Crippen MR) is 54.9 cm³/mol. The van der Waals surface area contributed by atoms with Crippen LogP contribution >= 0.6 is 0 Å². The Hall–Kier alpha value is -1.62. The molecule has 0 spiro atoms. The standard InChI is InChI=1S/C10H15NO4/c1-3-5-14-9(12)7-8(11)10(13)15-6-4-2/h3-4,8H,1-2,5-7,11H2. The Labute approximate surface area is 88.5 Å². The van der Waals surface area contributed by atoms with Gasteiger partial charge in [0.05, 0.1) is 6.42 Å². The molecule has 0 aliphatic carbocycles. The lowest BCUT2D eigenvalue weighted by Crippen LogP contribution is -2.35. The summed E-state index contributed by atoms with van der Waals surface area (Å²) in [6.07, 6.45) is 2.64. The Morgan fingerprint density at radius 3 is 2.27 bits per heavy atom. The van der Waals surface area contributed by atoms with E-state index in [1.54, 1.807) is 0 Å². The van der Waals surface area contributed by atoms with Gasteiger partial charge in [0, 0.05) is 0 Å². The topological polar surface area (TPSA) is 78.6 Å². The van der Waals surface area contributed by atoms with Gasteiger partial charge < -0.3 is 15.2 Å². The molecule has 0 fully saturated rings. The minimum atomic E-state index is -0.998. The van der Waals surface area contributed by atoms with E-state index in [0.29, 0.717) is 0 Å². The van der Waals surface area contributed by atoms with E-state index in [0.717, 1.165) is 0 Å². The fraction of sp³-hybridized carbons (Fsp3) is 0.400. The van der Waals surface area contributed by atoms with E-state index in [4.69, 9.17) is 5.73 Å². The van der Waals surface area contributed by atoms with Crippen molar-refractivity contribution in [2.75, 3.05) is 13.2 Å². The summed E-state index contributed by atoms with van der Waals surface area (Å²) in [7, 11) is 0. The summed E-state index contributed by atoms with van der Waals surface area (Å²) in [6, 6.07) is -0.998. The molecule has 0 aromatic rings. The molecule has 84 valence electrons. The molecule has 0 saturated carbocycles. The molecule has 0 saturated heterocycles. The fourth-order valence-corrected chi connectivity index (χ4v) is 0.722. The average Bonchev–Trinajstić information content (AvgIpc) is 2.22. The Bertz CT molecular complexity index is 250. The van der Waals surface area contributed by atoms with Crippen LogP contribution < -0.4 is 5.73 Å². The van der Waals surface area contributed by atoms with Crippen LogP contribution in [0.4, 0.5) is 0 Å². The first kappa shape index (κ1) is 13.4. The van der Waals surface area contributed by atoms with Gasteiger partial charge in [0.25, 0.3) is 0 Å². The third-order valence-electron chi connectivity index (χ3n) is 1.39. The van der Waals surface area contributed by atoms with E-state index < -0.39 is 18.0 Å². The molecule has 0 aromatic carbocycles. The molecule has 0 radical (unpaired) electrons. The van der Waals surface area contributed by atoms with Crippen molar-refractivity contribution in [3.63, 3.8) is 0 Å². The molecule has 5 heteroatoms. The maximum Gasteiger partial charge on any atom is 0.323 e. The van der Waals surface area contributed by atoms with Crippen molar-refractivity contribution in [1.29, 1.82) is 0 Å². The molecular weight excluding hydrogens is 198 g/mol. The zero-order valence-corrected chi connectivity index (χ0v) is 8.48. The lowest BCUT2D eigenvalue weighted by atomic mass is 10.2. The molecule has 5 nitrogen and oxygen atoms in total. The van der Waals surface area contributed by atoms with Gasteiger partial charge >= 0.3 is 11.9 Å². The maximum atomic E-state index is 11.1. The summed E-state index contributed by atoms with van der Waals surface area (Å²) in [5.41, 5.74) is 5.40. The van der Waals surface area contributed by atoms with Gasteiger partial charge in [-0.25, -0.2) is 0 Å². The number of hydrogen-bond donors (Lipinski definition) is 1. The molecule has 0 aliphatic rings. The fourth-order valence-electron chi connectivity index (χ4n) is 0.722. The third-order valence-corrected chi connectivity index (χ3v) is 1.39. The molecular formula is C10H15NO4. The molecule has 0 rings (SSSR count). The number of nitrogens with two attached hydrogens (primary N) is 1. The molecule has 15 heavy (non-hydrogen) atoms. The van der Waals surface area contributed by atoms with Crippen LogP contribution in [-0.2, 0) is 19.1 Å². The van der Waals surface area contributed by atoms with Gasteiger partial charge in [0.1, 0.15) is 19.3 Å². The van der Waals surface area contributed by atoms with Crippen LogP contribution in [0.3, 0.4) is 0 Å². The number of rotatable bonds is 7. The third kappa shape index (κ3) is 6.45. The molecule has 0 heterocycles. The number of carbonyl (C=O) groups is 2. The summed E-state index contributed by atoms with van der Waals surface area (Å²) in [5, 5.41) is 0. The van der Waals surface area contributed by atoms with Gasteiger partial charge in [-0.15, -0.1) is 0 Å². The highest BCUT2D eigenvalue weighted by molar-refractivity contribution is 5.82. The lowest BCUT2D eigenvalue weighted by Gasteiger charge is -2.09. The normalized spacial score (nSPS) is 11.3. The molecule has 0 amide bonds. The first-order chi connectivity index (χ1) is 7.11. The number of hydrogen-bond acceptors (Lipinski definition) is 5. The van der Waals surface area contributed by atoms with Crippen LogP contribution in [0.2, 0.25) is 0 Å². The quantitative estimate of drug-likeness (QED) is 0.481. The van der Waals surface area contributed by atoms with E-state index in [1.165, 1.54) is 12.2 Å². The van der Waals surface area contributed by atoms with Gasteiger partial charge in [-0.2, -0.15) is 0 Å². The van der Waals surface area contributed by atoms with Gasteiger partial charge in [-0.1, -0.05) is 25.3 Å². The van der Waals surface area contributed by atoms with Crippen LogP contribution in [0.5, 0.6) is 0 Å². The smallest absolute Gasteiger partial charge is 0.323 e. The highest BCUT2D eigenvalue weighted by Crippen LogP contribution is 1.95. The van der Waals surface area contributed by atoms with Gasteiger partial charge in [0.2, 0.25) is 0 Å². The minimum absolute atomic E-state index is 0.0776. The summed E-state index contributed by atoms with van der Waals surface area (Å²) in [6.45, 7) is 6.93. The molecule has 2 N–H and O–H groups in total. The van der Waals surface area contributed by atoms with Crippen LogP contribution in [-0.4, -0.2) is 31.2 Å². The van der Waals surface area contributed by atoms with Crippen molar-refractivity contribution in [2.45, 2.75) is 12.5 Å². The average molecular weight is 213 g/mol. The van der Waals surface area contributed by atoms with E-state index in [2.05, 4.69) is 22.6 Å². The zero-order chi connectivity index (χ0) is 11.7. The van der Waals surface area contributed by atoms with E-state index in [-0.39, 0.29) is 19.6 Å². The second-order valence-electron chi connectivity index (χ2n) is 2.70. The Morgan fingerprint density at radius 2 is 1.73 bits per heavy atom. The monoisotopic (exact) mass is 213 g/mol. The molecule has 1 unspecified atom stereocenters. The van der Waals surface area contributed by atoms with E-state index in [9.17, 15) is 9.59 Å². The zero-order valence-electron chi connectivity index (χ0n) is 8.48. The second kappa shape index (κ2) is 7.75. The first-order valence-corrected chi connectivity index (χ1v) is 4.41. The van der Waals surface area contributed by atoms with Crippen LogP contribution in [0.1, 0.15) is 6.42 Å². The summed E-state index contributed by atoms with van der Waals surface area (Å²) in [5.74, 6) is -1.21. The number of esters is 2. The van der Waals surface area contributed by atoms with Crippen molar-refractivity contribution in [1.82, 2.24) is 0 Å². The van der Waals surface area contributed by atoms with Crippen molar-refractivity contribution in [2.24, 2.45) is 5.73 Å². The minimum Gasteiger partial charge on any atom is -0.461 e. The highest BCUT2D eigenvalue weighted by Gasteiger charge is 2.19. The second-order valence-corrected chi connectivity index (χ2v) is 2.70. The van der Waals surface area contributed by atoms with E-state index in [1.807, 2.05) is 0 Å². The lowest BCUT2D eigenvalue weighted by molar-refractivity contribution is -0.150. The van der Waals surface area contributed by atoms with Gasteiger partial charge in [-0.3, -0.25) is 9.59 Å². The Morgan fingerprint density at radius 1 is 1.20 bits per heavy atom. The summed E-state index contributed by atoms with van der Waals surface area (Å²) >= 11 is 0. The molecule has 0 aliphatic heterocycles. The number of carbonyl (C=O) groups excluding carboxylic acids is 2. The van der Waals surface area contributed by atoms with Crippen molar-refractivity contribution in [3.05, 3.63) is 25.3 Å². The highest BCUT2D eigenvalue weighted by atomic mass is 16.5. The van der Waals surface area contributed by atoms with Gasteiger partial charge in [0.15, 0.2) is 0 Å².